The maximum Gasteiger partial charge on any atom is 0.339 e. The van der Waals surface area contributed by atoms with Crippen LogP contribution in [0.5, 0.6) is 5.75 Å². The number of esters is 1. The van der Waals surface area contributed by atoms with Crippen LogP contribution in [0.2, 0.25) is 0 Å². The molecule has 0 aliphatic carbocycles. The molecule has 0 atom stereocenters. The van der Waals surface area contributed by atoms with Gasteiger partial charge in [0, 0.05) is 38.4 Å². The average Bonchev–Trinajstić information content (AvgIpc) is 3.18. The van der Waals surface area contributed by atoms with E-state index in [-0.39, 0.29) is 18.2 Å². The predicted molar refractivity (Wildman–Crippen MR) is 117 cm³/mol. The average molecular weight is 438 g/mol. The molecule has 0 unspecified atom stereocenters. The van der Waals surface area contributed by atoms with E-state index in [2.05, 4.69) is 15.0 Å². The number of nitrogens with zero attached hydrogens (tertiary/aromatic N) is 4. The van der Waals surface area contributed by atoms with Gasteiger partial charge in [0.1, 0.15) is 12.4 Å². The summed E-state index contributed by atoms with van der Waals surface area (Å²) in [5, 5.41) is 4.37. The summed E-state index contributed by atoms with van der Waals surface area (Å²) in [6.45, 7) is 7.25. The van der Waals surface area contributed by atoms with Crippen molar-refractivity contribution >= 4 is 23.0 Å². The Labute approximate surface area is 185 Å². The molecule has 1 amide bonds. The summed E-state index contributed by atoms with van der Waals surface area (Å²) in [4.78, 5) is 33.4. The lowest BCUT2D eigenvalue weighted by Gasteiger charge is -2.34. The molecular formula is C23H26N4O5. The van der Waals surface area contributed by atoms with Gasteiger partial charge in [-0.05, 0) is 32.0 Å². The zero-order valence-corrected chi connectivity index (χ0v) is 18.2. The third-order valence-corrected chi connectivity index (χ3v) is 5.44. The number of benzene rings is 1. The lowest BCUT2D eigenvalue weighted by Crippen LogP contribution is -2.50. The molecule has 9 nitrogen and oxygen atoms in total. The summed E-state index contributed by atoms with van der Waals surface area (Å²) in [5.74, 6) is 0.0608. The van der Waals surface area contributed by atoms with E-state index in [0.717, 1.165) is 25.4 Å². The molecule has 0 spiro atoms. The Hall–Kier alpha value is -3.46. The van der Waals surface area contributed by atoms with Gasteiger partial charge < -0.3 is 18.9 Å². The van der Waals surface area contributed by atoms with Crippen molar-refractivity contribution in [3.05, 3.63) is 53.3 Å². The van der Waals surface area contributed by atoms with E-state index in [0.29, 0.717) is 42.0 Å². The molecule has 1 aromatic carbocycles. The number of ether oxygens (including phenoxy) is 2. The minimum absolute atomic E-state index is 0.206. The van der Waals surface area contributed by atoms with Crippen LogP contribution in [0.25, 0.3) is 11.1 Å². The SMILES string of the molecule is Cc1cc(C(=O)OCC(=O)N2CCN(CCOc3ccccc3)CC2)c2c(C)noc2n1. The van der Waals surface area contributed by atoms with Gasteiger partial charge in [-0.1, -0.05) is 23.4 Å². The summed E-state index contributed by atoms with van der Waals surface area (Å²) in [7, 11) is 0. The number of hydrogen-bond acceptors (Lipinski definition) is 8. The first-order valence-electron chi connectivity index (χ1n) is 10.6. The maximum absolute atomic E-state index is 12.6. The predicted octanol–water partition coefficient (Wildman–Crippen LogP) is 2.22. The number of carbonyl (C=O) groups is 2. The van der Waals surface area contributed by atoms with Gasteiger partial charge in [-0.2, -0.15) is 0 Å². The van der Waals surface area contributed by atoms with Gasteiger partial charge in [0.05, 0.1) is 16.6 Å². The largest absolute Gasteiger partial charge is 0.492 e. The number of pyridine rings is 1. The van der Waals surface area contributed by atoms with Crippen molar-refractivity contribution in [2.24, 2.45) is 0 Å². The topological polar surface area (TPSA) is 98.0 Å². The molecule has 168 valence electrons. The van der Waals surface area contributed by atoms with Crippen LogP contribution >= 0.6 is 0 Å². The minimum atomic E-state index is -0.586. The third-order valence-electron chi connectivity index (χ3n) is 5.44. The molecule has 1 saturated heterocycles. The first kappa shape index (κ1) is 21.8. The van der Waals surface area contributed by atoms with Crippen molar-refractivity contribution in [1.29, 1.82) is 0 Å². The van der Waals surface area contributed by atoms with Crippen LogP contribution in [0.15, 0.2) is 40.9 Å². The van der Waals surface area contributed by atoms with Crippen LogP contribution in [-0.2, 0) is 9.53 Å². The van der Waals surface area contributed by atoms with Gasteiger partial charge >= 0.3 is 5.97 Å². The van der Waals surface area contributed by atoms with E-state index in [9.17, 15) is 9.59 Å². The second kappa shape index (κ2) is 9.78. The molecule has 3 aromatic rings. The Balaban J connectivity index is 1.23. The van der Waals surface area contributed by atoms with Crippen molar-refractivity contribution in [2.45, 2.75) is 13.8 Å². The monoisotopic (exact) mass is 438 g/mol. The van der Waals surface area contributed by atoms with E-state index >= 15 is 0 Å². The summed E-state index contributed by atoms with van der Waals surface area (Å²) >= 11 is 0. The maximum atomic E-state index is 12.6. The number of amides is 1. The van der Waals surface area contributed by atoms with Crippen LogP contribution in [-0.4, -0.2) is 77.8 Å². The van der Waals surface area contributed by atoms with Crippen LogP contribution in [0.1, 0.15) is 21.7 Å². The fraction of sp³-hybridized carbons (Fsp3) is 0.391. The summed E-state index contributed by atoms with van der Waals surface area (Å²) in [6.07, 6.45) is 0. The number of aromatic nitrogens is 2. The van der Waals surface area contributed by atoms with Crippen molar-refractivity contribution in [3.63, 3.8) is 0 Å². The zero-order chi connectivity index (χ0) is 22.5. The van der Waals surface area contributed by atoms with Crippen molar-refractivity contribution < 1.29 is 23.6 Å². The fourth-order valence-electron chi connectivity index (χ4n) is 3.71. The minimum Gasteiger partial charge on any atom is -0.492 e. The van der Waals surface area contributed by atoms with Crippen LogP contribution in [0, 0.1) is 13.8 Å². The Morgan fingerprint density at radius 2 is 1.84 bits per heavy atom. The first-order chi connectivity index (χ1) is 15.5. The molecular weight excluding hydrogens is 412 g/mol. The Kier molecular flexibility index (Phi) is 6.65. The second-order valence-electron chi connectivity index (χ2n) is 7.72. The van der Waals surface area contributed by atoms with Crippen LogP contribution in [0.4, 0.5) is 0 Å². The van der Waals surface area contributed by atoms with Gasteiger partial charge in [-0.25, -0.2) is 9.78 Å². The number of carbonyl (C=O) groups excluding carboxylic acids is 2. The van der Waals surface area contributed by atoms with Gasteiger partial charge in [0.2, 0.25) is 0 Å². The van der Waals surface area contributed by atoms with Gasteiger partial charge in [-0.15, -0.1) is 0 Å². The molecule has 9 heteroatoms. The zero-order valence-electron chi connectivity index (χ0n) is 18.2. The molecule has 32 heavy (non-hydrogen) atoms. The second-order valence-corrected chi connectivity index (χ2v) is 7.72. The van der Waals surface area contributed by atoms with Gasteiger partial charge in [0.25, 0.3) is 11.6 Å². The van der Waals surface area contributed by atoms with E-state index in [1.807, 2.05) is 30.3 Å². The van der Waals surface area contributed by atoms with E-state index in [4.69, 9.17) is 14.0 Å². The molecule has 0 N–H and O–H groups in total. The quantitative estimate of drug-likeness (QED) is 0.518. The smallest absolute Gasteiger partial charge is 0.339 e. The Morgan fingerprint density at radius 1 is 1.09 bits per heavy atom. The van der Waals surface area contributed by atoms with Crippen molar-refractivity contribution in [2.75, 3.05) is 45.9 Å². The lowest BCUT2D eigenvalue weighted by atomic mass is 10.1. The van der Waals surface area contributed by atoms with Gasteiger partial charge in [0.15, 0.2) is 6.61 Å². The lowest BCUT2D eigenvalue weighted by molar-refractivity contribution is -0.136. The molecule has 2 aromatic heterocycles. The van der Waals surface area contributed by atoms with Crippen molar-refractivity contribution in [3.8, 4) is 5.75 Å². The van der Waals surface area contributed by atoms with Crippen molar-refractivity contribution in [1.82, 2.24) is 19.9 Å². The van der Waals surface area contributed by atoms with E-state index in [1.54, 1.807) is 24.8 Å². The number of piperazine rings is 1. The molecule has 1 aliphatic heterocycles. The van der Waals surface area contributed by atoms with Gasteiger partial charge in [-0.3, -0.25) is 9.69 Å². The van der Waals surface area contributed by atoms with Crippen LogP contribution < -0.4 is 4.74 Å². The highest BCUT2D eigenvalue weighted by molar-refractivity contribution is 6.03. The number of para-hydroxylation sites is 1. The standard InChI is InChI=1S/C23H26N4O5/c1-16-14-19(21-17(2)25-32-22(21)24-16)23(29)31-15-20(28)27-10-8-26(9-11-27)12-13-30-18-6-4-3-5-7-18/h3-7,14H,8-13,15H2,1-2H3. The number of rotatable bonds is 7. The highest BCUT2D eigenvalue weighted by Crippen LogP contribution is 2.22. The normalized spacial score (nSPS) is 14.5. The summed E-state index contributed by atoms with van der Waals surface area (Å²) in [6, 6.07) is 11.3. The number of hydrogen-bond donors (Lipinski definition) is 0. The summed E-state index contributed by atoms with van der Waals surface area (Å²) in [5.41, 5.74) is 1.76. The molecule has 1 aliphatic rings. The number of aryl methyl sites for hydroxylation is 2. The molecule has 0 saturated carbocycles. The van der Waals surface area contributed by atoms with E-state index < -0.39 is 5.97 Å². The van der Waals surface area contributed by atoms with E-state index in [1.165, 1.54) is 0 Å². The molecule has 4 rings (SSSR count). The summed E-state index contributed by atoms with van der Waals surface area (Å²) < 4.78 is 16.2. The highest BCUT2D eigenvalue weighted by atomic mass is 16.5. The van der Waals surface area contributed by atoms with Crippen LogP contribution in [0.3, 0.4) is 0 Å². The molecule has 0 radical (unpaired) electrons. The third kappa shape index (κ3) is 5.05. The Bertz CT molecular complexity index is 1090. The Morgan fingerprint density at radius 3 is 2.59 bits per heavy atom. The molecule has 1 fully saturated rings. The fourth-order valence-corrected chi connectivity index (χ4v) is 3.71. The number of fused-ring (bicyclic) bond motifs is 1. The first-order valence-corrected chi connectivity index (χ1v) is 10.6. The highest BCUT2D eigenvalue weighted by Gasteiger charge is 2.24. The molecule has 3 heterocycles. The molecule has 0 bridgehead atoms.